The number of carbonyl (C=O) groups excluding carboxylic acids is 1. The number of aromatic nitrogens is 1. The summed E-state index contributed by atoms with van der Waals surface area (Å²) in [6.45, 7) is 3.76. The molecule has 0 aliphatic heterocycles. The first-order valence-corrected chi connectivity index (χ1v) is 5.66. The molecule has 1 aromatic rings. The lowest BCUT2D eigenvalue weighted by Gasteiger charge is -2.15. The predicted molar refractivity (Wildman–Crippen MR) is 63.6 cm³/mol. The van der Waals surface area contributed by atoms with Crippen molar-refractivity contribution >= 4 is 21.8 Å². The molecule has 0 aliphatic carbocycles. The van der Waals surface area contributed by atoms with Crippen molar-refractivity contribution in [1.29, 1.82) is 5.26 Å². The Bertz CT molecular complexity index is 425. The fourth-order valence-corrected chi connectivity index (χ4v) is 1.55. The van der Waals surface area contributed by atoms with Crippen molar-refractivity contribution in [3.8, 4) is 6.07 Å². The van der Waals surface area contributed by atoms with Crippen LogP contribution in [0.5, 0.6) is 0 Å². The third kappa shape index (κ3) is 3.04. The standard InChI is InChI=1S/C11H12BrN3O/c1-7(2)9(6-13)15-11(16)8-4-3-5-14-10(8)12/h3-5,7,9H,1-2H3,(H,15,16). The van der Waals surface area contributed by atoms with E-state index in [2.05, 4.69) is 32.3 Å². The molecule has 0 aromatic carbocycles. The summed E-state index contributed by atoms with van der Waals surface area (Å²) in [6.07, 6.45) is 1.59. The van der Waals surface area contributed by atoms with Gasteiger partial charge >= 0.3 is 0 Å². The van der Waals surface area contributed by atoms with Crippen LogP contribution in [0.3, 0.4) is 0 Å². The number of nitrogens with zero attached hydrogens (tertiary/aromatic N) is 2. The average Bonchev–Trinajstić information content (AvgIpc) is 2.25. The van der Waals surface area contributed by atoms with Crippen molar-refractivity contribution in [3.63, 3.8) is 0 Å². The molecule has 1 unspecified atom stereocenters. The smallest absolute Gasteiger partial charge is 0.255 e. The second-order valence-electron chi connectivity index (χ2n) is 3.67. The molecule has 1 atom stereocenters. The zero-order valence-electron chi connectivity index (χ0n) is 9.07. The van der Waals surface area contributed by atoms with Crippen LogP contribution >= 0.6 is 15.9 Å². The Balaban J connectivity index is 2.81. The molecule has 84 valence electrons. The number of nitriles is 1. The summed E-state index contributed by atoms with van der Waals surface area (Å²) >= 11 is 3.19. The lowest BCUT2D eigenvalue weighted by atomic mass is 10.1. The largest absolute Gasteiger partial charge is 0.336 e. The maximum atomic E-state index is 11.8. The zero-order chi connectivity index (χ0) is 12.1. The third-order valence-electron chi connectivity index (χ3n) is 2.10. The van der Waals surface area contributed by atoms with Crippen molar-refractivity contribution in [1.82, 2.24) is 10.3 Å². The molecule has 1 amide bonds. The molecule has 0 saturated heterocycles. The van der Waals surface area contributed by atoms with Crippen molar-refractivity contribution < 1.29 is 4.79 Å². The summed E-state index contributed by atoms with van der Waals surface area (Å²) in [7, 11) is 0. The minimum Gasteiger partial charge on any atom is -0.336 e. The topological polar surface area (TPSA) is 65.8 Å². The summed E-state index contributed by atoms with van der Waals surface area (Å²) in [5.41, 5.74) is 0.434. The zero-order valence-corrected chi connectivity index (χ0v) is 10.7. The first-order chi connectivity index (χ1) is 7.56. The summed E-state index contributed by atoms with van der Waals surface area (Å²) in [5.74, 6) is -0.218. The lowest BCUT2D eigenvalue weighted by Crippen LogP contribution is -2.37. The van der Waals surface area contributed by atoms with Gasteiger partial charge < -0.3 is 5.32 Å². The van der Waals surface area contributed by atoms with Gasteiger partial charge in [0.1, 0.15) is 10.6 Å². The Morgan fingerprint density at radius 1 is 1.62 bits per heavy atom. The molecule has 0 saturated carbocycles. The van der Waals surface area contributed by atoms with Crippen LogP contribution in [0.15, 0.2) is 22.9 Å². The number of halogens is 1. The number of nitrogens with one attached hydrogen (secondary N) is 1. The fourth-order valence-electron chi connectivity index (χ4n) is 1.12. The van der Waals surface area contributed by atoms with Gasteiger partial charge in [-0.15, -0.1) is 0 Å². The van der Waals surface area contributed by atoms with Gasteiger partial charge in [-0.2, -0.15) is 5.26 Å². The Morgan fingerprint density at radius 3 is 2.81 bits per heavy atom. The van der Waals surface area contributed by atoms with E-state index in [1.165, 1.54) is 0 Å². The number of pyridine rings is 1. The Hall–Kier alpha value is -1.41. The Kier molecular flexibility index (Phi) is 4.44. The highest BCUT2D eigenvalue weighted by molar-refractivity contribution is 9.10. The summed E-state index contributed by atoms with van der Waals surface area (Å²) < 4.78 is 0.480. The van der Waals surface area contributed by atoms with Crippen molar-refractivity contribution in [2.75, 3.05) is 0 Å². The minimum atomic E-state index is -0.486. The second-order valence-corrected chi connectivity index (χ2v) is 4.42. The average molecular weight is 282 g/mol. The quantitative estimate of drug-likeness (QED) is 0.863. The van der Waals surface area contributed by atoms with Crippen LogP contribution in [-0.2, 0) is 0 Å². The van der Waals surface area contributed by atoms with E-state index in [9.17, 15) is 4.79 Å². The maximum Gasteiger partial charge on any atom is 0.255 e. The van der Waals surface area contributed by atoms with Gasteiger partial charge in [0.25, 0.3) is 5.91 Å². The van der Waals surface area contributed by atoms with Gasteiger partial charge in [0.15, 0.2) is 0 Å². The molecule has 1 rings (SSSR count). The number of hydrogen-bond acceptors (Lipinski definition) is 3. The summed E-state index contributed by atoms with van der Waals surface area (Å²) in [4.78, 5) is 15.8. The van der Waals surface area contributed by atoms with Crippen LogP contribution in [0.4, 0.5) is 0 Å². The molecule has 5 heteroatoms. The van der Waals surface area contributed by atoms with E-state index in [1.54, 1.807) is 18.3 Å². The van der Waals surface area contributed by atoms with Crippen LogP contribution in [-0.4, -0.2) is 16.9 Å². The fraction of sp³-hybridized carbons (Fsp3) is 0.364. The number of amides is 1. The van der Waals surface area contributed by atoms with Crippen molar-refractivity contribution in [2.45, 2.75) is 19.9 Å². The van der Waals surface area contributed by atoms with E-state index >= 15 is 0 Å². The molecule has 0 fully saturated rings. The van der Waals surface area contributed by atoms with E-state index in [1.807, 2.05) is 13.8 Å². The molecule has 1 aromatic heterocycles. The number of rotatable bonds is 3. The molecular weight excluding hydrogens is 270 g/mol. The first kappa shape index (κ1) is 12.7. The molecule has 16 heavy (non-hydrogen) atoms. The number of carbonyl (C=O) groups is 1. The highest BCUT2D eigenvalue weighted by atomic mass is 79.9. The van der Waals surface area contributed by atoms with Gasteiger partial charge in [-0.1, -0.05) is 13.8 Å². The number of hydrogen-bond donors (Lipinski definition) is 1. The Labute approximate surface area is 103 Å². The van der Waals surface area contributed by atoms with Gasteiger partial charge in [0.2, 0.25) is 0 Å². The van der Waals surface area contributed by atoms with E-state index in [0.717, 1.165) is 0 Å². The second kappa shape index (κ2) is 5.61. The minimum absolute atomic E-state index is 0.0735. The molecule has 0 aliphatic rings. The molecule has 4 nitrogen and oxygen atoms in total. The highest BCUT2D eigenvalue weighted by Crippen LogP contribution is 2.13. The van der Waals surface area contributed by atoms with Crippen molar-refractivity contribution in [2.24, 2.45) is 5.92 Å². The van der Waals surface area contributed by atoms with Crippen LogP contribution in [0, 0.1) is 17.2 Å². The van der Waals surface area contributed by atoms with Crippen LogP contribution < -0.4 is 5.32 Å². The highest BCUT2D eigenvalue weighted by Gasteiger charge is 2.17. The van der Waals surface area contributed by atoms with E-state index in [-0.39, 0.29) is 11.8 Å². The third-order valence-corrected chi connectivity index (χ3v) is 2.73. The summed E-state index contributed by atoms with van der Waals surface area (Å²) in [6, 6.07) is 4.90. The van der Waals surface area contributed by atoms with Gasteiger partial charge in [-0.05, 0) is 34.0 Å². The summed E-state index contributed by atoms with van der Waals surface area (Å²) in [5, 5.41) is 11.5. The van der Waals surface area contributed by atoms with E-state index < -0.39 is 6.04 Å². The van der Waals surface area contributed by atoms with Gasteiger partial charge in [0, 0.05) is 6.20 Å². The maximum absolute atomic E-state index is 11.8. The van der Waals surface area contributed by atoms with E-state index in [0.29, 0.717) is 10.2 Å². The van der Waals surface area contributed by atoms with Crippen LogP contribution in [0.1, 0.15) is 24.2 Å². The monoisotopic (exact) mass is 281 g/mol. The van der Waals surface area contributed by atoms with Crippen LogP contribution in [0.2, 0.25) is 0 Å². The predicted octanol–water partition coefficient (Wildman–Crippen LogP) is 2.12. The molecular formula is C11H12BrN3O. The van der Waals surface area contributed by atoms with Crippen molar-refractivity contribution in [3.05, 3.63) is 28.5 Å². The Morgan fingerprint density at radius 2 is 2.31 bits per heavy atom. The van der Waals surface area contributed by atoms with Gasteiger partial charge in [0.05, 0.1) is 11.6 Å². The normalized spacial score (nSPS) is 11.9. The lowest BCUT2D eigenvalue weighted by molar-refractivity contribution is 0.0936. The van der Waals surface area contributed by atoms with Gasteiger partial charge in [-0.3, -0.25) is 4.79 Å². The SMILES string of the molecule is CC(C)C(C#N)NC(=O)c1cccnc1Br. The molecule has 0 radical (unpaired) electrons. The van der Waals surface area contributed by atoms with Gasteiger partial charge in [-0.25, -0.2) is 4.98 Å². The molecule has 0 spiro atoms. The van der Waals surface area contributed by atoms with E-state index in [4.69, 9.17) is 5.26 Å². The first-order valence-electron chi connectivity index (χ1n) is 4.87. The van der Waals surface area contributed by atoms with Crippen LogP contribution in [0.25, 0.3) is 0 Å². The molecule has 1 N–H and O–H groups in total. The molecule has 0 bridgehead atoms. The molecule has 1 heterocycles.